The predicted molar refractivity (Wildman–Crippen MR) is 68.0 cm³/mol. The molecule has 0 radical (unpaired) electrons. The van der Waals surface area contributed by atoms with Gasteiger partial charge in [0.2, 0.25) is 0 Å². The number of nitrogens with zero attached hydrogens (tertiary/aromatic N) is 4. The van der Waals surface area contributed by atoms with Gasteiger partial charge in [-0.15, -0.1) is 0 Å². The molecule has 0 aliphatic carbocycles. The van der Waals surface area contributed by atoms with Crippen molar-refractivity contribution in [1.29, 1.82) is 5.26 Å². The van der Waals surface area contributed by atoms with Crippen molar-refractivity contribution in [2.24, 2.45) is 0 Å². The first-order valence-corrected chi connectivity index (χ1v) is 5.37. The van der Waals surface area contributed by atoms with E-state index in [0.29, 0.717) is 17.1 Å². The van der Waals surface area contributed by atoms with Gasteiger partial charge >= 0.3 is 0 Å². The van der Waals surface area contributed by atoms with Crippen LogP contribution in [0, 0.1) is 11.3 Å². The number of nitrogen functional groups attached to an aromatic ring is 1. The first-order chi connectivity index (χ1) is 8.79. The summed E-state index contributed by atoms with van der Waals surface area (Å²) in [5.41, 5.74) is 8.30. The Morgan fingerprint density at radius 3 is 2.89 bits per heavy atom. The van der Waals surface area contributed by atoms with Crippen LogP contribution in [0.5, 0.6) is 0 Å². The summed E-state index contributed by atoms with van der Waals surface area (Å²) in [7, 11) is 0. The van der Waals surface area contributed by atoms with Gasteiger partial charge in [-0.2, -0.15) is 5.26 Å². The second kappa shape index (κ2) is 3.86. The lowest BCUT2D eigenvalue weighted by Crippen LogP contribution is -2.01. The molecule has 0 amide bonds. The second-order valence-corrected chi connectivity index (χ2v) is 3.85. The molecular formula is C13H9N5. The number of nitrogens with two attached hydrogens (primary N) is 1. The lowest BCUT2D eigenvalue weighted by molar-refractivity contribution is 1.02. The maximum absolute atomic E-state index is 9.13. The highest BCUT2D eigenvalue weighted by Gasteiger charge is 2.10. The van der Waals surface area contributed by atoms with Crippen LogP contribution < -0.4 is 5.73 Å². The van der Waals surface area contributed by atoms with E-state index in [2.05, 4.69) is 16.0 Å². The summed E-state index contributed by atoms with van der Waals surface area (Å²) in [4.78, 5) is 8.49. The molecule has 3 aromatic rings. The summed E-state index contributed by atoms with van der Waals surface area (Å²) in [5, 5.41) is 9.13. The molecule has 0 bridgehead atoms. The average molecular weight is 235 g/mol. The Labute approximate surface area is 103 Å². The van der Waals surface area contributed by atoms with Crippen molar-refractivity contribution in [1.82, 2.24) is 14.5 Å². The van der Waals surface area contributed by atoms with Crippen molar-refractivity contribution in [3.63, 3.8) is 0 Å². The maximum Gasteiger partial charge on any atom is 0.156 e. The fraction of sp³-hybridized carbons (Fsp3) is 0. The normalized spacial score (nSPS) is 10.4. The predicted octanol–water partition coefficient (Wildman–Crippen LogP) is 1.87. The number of aromatic nitrogens is 3. The van der Waals surface area contributed by atoms with Gasteiger partial charge < -0.3 is 5.73 Å². The Morgan fingerprint density at radius 2 is 2.06 bits per heavy atom. The number of nitriles is 1. The van der Waals surface area contributed by atoms with Crippen LogP contribution in [0.15, 0.2) is 42.9 Å². The first kappa shape index (κ1) is 10.3. The van der Waals surface area contributed by atoms with E-state index in [4.69, 9.17) is 11.0 Å². The Kier molecular flexibility index (Phi) is 2.21. The topological polar surface area (TPSA) is 80.5 Å². The molecule has 3 rings (SSSR count). The van der Waals surface area contributed by atoms with Crippen molar-refractivity contribution < 1.29 is 0 Å². The SMILES string of the molecule is N#Cc1cc(N)cnc1-n1cnc2ccccc21. The van der Waals surface area contributed by atoms with Gasteiger partial charge in [-0.1, -0.05) is 12.1 Å². The summed E-state index contributed by atoms with van der Waals surface area (Å²) < 4.78 is 1.79. The number of hydrogen-bond donors (Lipinski definition) is 1. The van der Waals surface area contributed by atoms with Crippen LogP contribution in [0.25, 0.3) is 16.9 Å². The molecule has 86 valence electrons. The third kappa shape index (κ3) is 1.48. The molecule has 1 aromatic carbocycles. The highest BCUT2D eigenvalue weighted by atomic mass is 15.1. The smallest absolute Gasteiger partial charge is 0.156 e. The zero-order valence-electron chi connectivity index (χ0n) is 9.41. The van der Waals surface area contributed by atoms with E-state index in [9.17, 15) is 0 Å². The number of fused-ring (bicyclic) bond motifs is 1. The molecule has 0 unspecified atom stereocenters. The van der Waals surface area contributed by atoms with Gasteiger partial charge in [0.05, 0.1) is 28.5 Å². The Morgan fingerprint density at radius 1 is 1.22 bits per heavy atom. The monoisotopic (exact) mass is 235 g/mol. The number of anilines is 1. The van der Waals surface area contributed by atoms with E-state index < -0.39 is 0 Å². The summed E-state index contributed by atoms with van der Waals surface area (Å²) in [6.45, 7) is 0. The molecular weight excluding hydrogens is 226 g/mol. The standard InChI is InChI=1S/C13H9N5/c14-6-9-5-10(15)7-16-13(9)18-8-17-11-3-1-2-4-12(11)18/h1-5,7-8H,15H2. The van der Waals surface area contributed by atoms with Crippen LogP contribution in [-0.4, -0.2) is 14.5 Å². The maximum atomic E-state index is 9.13. The fourth-order valence-electron chi connectivity index (χ4n) is 1.88. The Balaban J connectivity index is 2.30. The van der Waals surface area contributed by atoms with E-state index >= 15 is 0 Å². The van der Waals surface area contributed by atoms with E-state index in [1.54, 1.807) is 17.0 Å². The van der Waals surface area contributed by atoms with E-state index in [-0.39, 0.29) is 0 Å². The quantitative estimate of drug-likeness (QED) is 0.698. The molecule has 0 saturated carbocycles. The summed E-state index contributed by atoms with van der Waals surface area (Å²) >= 11 is 0. The van der Waals surface area contributed by atoms with Crippen molar-refractivity contribution in [3.05, 3.63) is 48.4 Å². The number of rotatable bonds is 1. The van der Waals surface area contributed by atoms with Crippen molar-refractivity contribution in [2.75, 3.05) is 5.73 Å². The van der Waals surface area contributed by atoms with Crippen molar-refractivity contribution in [3.8, 4) is 11.9 Å². The third-order valence-electron chi connectivity index (χ3n) is 2.69. The molecule has 0 aliphatic rings. The molecule has 2 heterocycles. The van der Waals surface area contributed by atoms with Crippen LogP contribution in [0.4, 0.5) is 5.69 Å². The zero-order valence-corrected chi connectivity index (χ0v) is 9.41. The van der Waals surface area contributed by atoms with Crippen LogP contribution >= 0.6 is 0 Å². The minimum atomic E-state index is 0.429. The van der Waals surface area contributed by atoms with Gasteiger partial charge in [-0.3, -0.25) is 4.57 Å². The molecule has 0 spiro atoms. The summed E-state index contributed by atoms with van der Waals surface area (Å²) in [6, 6.07) is 11.4. The van der Waals surface area contributed by atoms with E-state index in [0.717, 1.165) is 11.0 Å². The molecule has 5 heteroatoms. The lowest BCUT2D eigenvalue weighted by Gasteiger charge is -2.05. The van der Waals surface area contributed by atoms with Crippen LogP contribution in [0.2, 0.25) is 0 Å². The highest BCUT2D eigenvalue weighted by Crippen LogP contribution is 2.20. The number of hydrogen-bond acceptors (Lipinski definition) is 4. The van der Waals surface area contributed by atoms with Gasteiger partial charge in [0, 0.05) is 0 Å². The zero-order chi connectivity index (χ0) is 12.5. The Hall–Kier alpha value is -2.87. The molecule has 5 nitrogen and oxygen atoms in total. The van der Waals surface area contributed by atoms with Crippen LogP contribution in [0.3, 0.4) is 0 Å². The molecule has 0 aliphatic heterocycles. The largest absolute Gasteiger partial charge is 0.397 e. The summed E-state index contributed by atoms with van der Waals surface area (Å²) in [5.74, 6) is 0.542. The minimum absolute atomic E-state index is 0.429. The molecule has 0 saturated heterocycles. The molecule has 0 fully saturated rings. The Bertz CT molecular complexity index is 766. The highest BCUT2D eigenvalue weighted by molar-refractivity contribution is 5.77. The van der Waals surface area contributed by atoms with E-state index in [1.165, 1.54) is 6.20 Å². The van der Waals surface area contributed by atoms with Crippen molar-refractivity contribution in [2.45, 2.75) is 0 Å². The van der Waals surface area contributed by atoms with Crippen LogP contribution in [-0.2, 0) is 0 Å². The second-order valence-electron chi connectivity index (χ2n) is 3.85. The van der Waals surface area contributed by atoms with Crippen LogP contribution in [0.1, 0.15) is 5.56 Å². The van der Waals surface area contributed by atoms with Gasteiger partial charge in [0.1, 0.15) is 12.4 Å². The average Bonchev–Trinajstić information content (AvgIpc) is 2.82. The number of imidazole rings is 1. The molecule has 0 atom stereocenters. The third-order valence-corrected chi connectivity index (χ3v) is 2.69. The number of para-hydroxylation sites is 2. The molecule has 2 aromatic heterocycles. The lowest BCUT2D eigenvalue weighted by atomic mass is 10.2. The molecule has 2 N–H and O–H groups in total. The number of benzene rings is 1. The molecule has 18 heavy (non-hydrogen) atoms. The van der Waals surface area contributed by atoms with Gasteiger partial charge in [-0.05, 0) is 18.2 Å². The minimum Gasteiger partial charge on any atom is -0.397 e. The fourth-order valence-corrected chi connectivity index (χ4v) is 1.88. The summed E-state index contributed by atoms with van der Waals surface area (Å²) in [6.07, 6.45) is 3.19. The van der Waals surface area contributed by atoms with Crippen molar-refractivity contribution >= 4 is 16.7 Å². The van der Waals surface area contributed by atoms with Gasteiger partial charge in [0.15, 0.2) is 5.82 Å². The first-order valence-electron chi connectivity index (χ1n) is 5.37. The number of pyridine rings is 1. The van der Waals surface area contributed by atoms with E-state index in [1.807, 2.05) is 24.3 Å². The van der Waals surface area contributed by atoms with Gasteiger partial charge in [0.25, 0.3) is 0 Å². The van der Waals surface area contributed by atoms with Gasteiger partial charge in [-0.25, -0.2) is 9.97 Å².